The van der Waals surface area contributed by atoms with Gasteiger partial charge in [-0.1, -0.05) is 13.8 Å². The first-order valence-electron chi connectivity index (χ1n) is 11.7. The van der Waals surface area contributed by atoms with Crippen LogP contribution >= 0.6 is 0 Å². The molecule has 4 atom stereocenters. The quantitative estimate of drug-likeness (QED) is 0.112. The number of carbonyl (C=O) groups is 5. The Bertz CT molecular complexity index is 876. The second-order valence-electron chi connectivity index (χ2n) is 8.79. The van der Waals surface area contributed by atoms with E-state index in [1.807, 2.05) is 0 Å². The zero-order valence-electron chi connectivity index (χ0n) is 20.5. The number of imidazole rings is 1. The van der Waals surface area contributed by atoms with Crippen LogP contribution in [0.15, 0.2) is 12.5 Å². The van der Waals surface area contributed by atoms with E-state index >= 15 is 0 Å². The number of H-pyrrole nitrogens is 1. The molecule has 1 heterocycles. The highest BCUT2D eigenvalue weighted by Gasteiger charge is 2.31. The van der Waals surface area contributed by atoms with Gasteiger partial charge in [0.05, 0.1) is 12.4 Å². The molecule has 0 aliphatic carbocycles. The number of aliphatic carboxylic acids is 2. The van der Waals surface area contributed by atoms with Crippen molar-refractivity contribution in [3.05, 3.63) is 18.2 Å². The number of rotatable bonds is 17. The van der Waals surface area contributed by atoms with Crippen LogP contribution in [0.3, 0.4) is 0 Å². The van der Waals surface area contributed by atoms with Gasteiger partial charge < -0.3 is 42.6 Å². The second kappa shape index (κ2) is 15.5. The Balaban J connectivity index is 3.01. The molecule has 0 aromatic carbocycles. The summed E-state index contributed by atoms with van der Waals surface area (Å²) in [7, 11) is 0. The molecule has 4 unspecified atom stereocenters. The lowest BCUT2D eigenvalue weighted by molar-refractivity contribution is -0.142. The fraction of sp³-hybridized carbons (Fsp3) is 0.636. The number of aromatic amines is 1. The molecule has 202 valence electrons. The molecule has 0 saturated heterocycles. The van der Waals surface area contributed by atoms with Gasteiger partial charge in [0.15, 0.2) is 0 Å². The van der Waals surface area contributed by atoms with Crippen LogP contribution in [-0.4, -0.2) is 80.6 Å². The van der Waals surface area contributed by atoms with Crippen molar-refractivity contribution >= 4 is 29.7 Å². The minimum absolute atomic E-state index is 0.0606. The summed E-state index contributed by atoms with van der Waals surface area (Å²) in [6.45, 7) is 3.79. The molecule has 0 radical (unpaired) electrons. The molecule has 1 aromatic heterocycles. The van der Waals surface area contributed by atoms with Crippen LogP contribution in [0.5, 0.6) is 0 Å². The van der Waals surface area contributed by atoms with Crippen LogP contribution in [0.25, 0.3) is 0 Å². The molecule has 0 saturated carbocycles. The van der Waals surface area contributed by atoms with Crippen molar-refractivity contribution in [2.75, 3.05) is 6.54 Å². The van der Waals surface area contributed by atoms with Crippen molar-refractivity contribution in [2.45, 2.75) is 76.5 Å². The van der Waals surface area contributed by atoms with E-state index in [9.17, 15) is 29.1 Å². The average Bonchev–Trinajstić information content (AvgIpc) is 3.32. The maximum absolute atomic E-state index is 13.0. The lowest BCUT2D eigenvalue weighted by Crippen LogP contribution is -2.57. The van der Waals surface area contributed by atoms with Crippen LogP contribution in [0.1, 0.15) is 51.6 Å². The molecule has 14 heteroatoms. The van der Waals surface area contributed by atoms with Gasteiger partial charge in [0.1, 0.15) is 18.1 Å². The first-order chi connectivity index (χ1) is 17.0. The largest absolute Gasteiger partial charge is 0.481 e. The van der Waals surface area contributed by atoms with Crippen LogP contribution in [-0.2, 0) is 30.4 Å². The third-order valence-electron chi connectivity index (χ3n) is 5.47. The number of hydrogen-bond donors (Lipinski definition) is 8. The minimum atomic E-state index is -1.29. The topological polar surface area (TPSA) is 243 Å². The van der Waals surface area contributed by atoms with Crippen molar-refractivity contribution in [1.82, 2.24) is 25.9 Å². The van der Waals surface area contributed by atoms with Crippen molar-refractivity contribution < 1.29 is 34.2 Å². The first kappa shape index (κ1) is 30.5. The number of hydrogen-bond acceptors (Lipinski definition) is 8. The summed E-state index contributed by atoms with van der Waals surface area (Å²) in [5.41, 5.74) is 11.8. The molecule has 1 aromatic rings. The lowest BCUT2D eigenvalue weighted by atomic mass is 10.0. The Labute approximate surface area is 209 Å². The molecule has 10 N–H and O–H groups in total. The standard InChI is InChI=1S/C22H37N7O7/c1-12(2)18(24)21(34)28-15(6-7-17(30)31)20(33)27-14(5-3-4-8-23)19(32)29-16(22(35)36)9-13-10-25-11-26-13/h10-12,14-16,18H,3-9,23-24H2,1-2H3,(H,25,26)(H,27,33)(H,28,34)(H,29,32)(H,30,31)(H,35,36). The summed E-state index contributed by atoms with van der Waals surface area (Å²) in [6.07, 6.45) is 3.27. The van der Waals surface area contributed by atoms with E-state index in [1.54, 1.807) is 13.8 Å². The van der Waals surface area contributed by atoms with Gasteiger partial charge in [-0.2, -0.15) is 0 Å². The van der Waals surface area contributed by atoms with Gasteiger partial charge in [0.25, 0.3) is 0 Å². The molecular formula is C22H37N7O7. The number of carbonyl (C=O) groups excluding carboxylic acids is 3. The zero-order chi connectivity index (χ0) is 27.3. The van der Waals surface area contributed by atoms with Crippen molar-refractivity contribution in [1.29, 1.82) is 0 Å². The predicted molar refractivity (Wildman–Crippen MR) is 128 cm³/mol. The van der Waals surface area contributed by atoms with E-state index in [0.29, 0.717) is 25.1 Å². The van der Waals surface area contributed by atoms with Gasteiger partial charge in [-0.25, -0.2) is 9.78 Å². The Hall–Kier alpha value is -3.52. The van der Waals surface area contributed by atoms with E-state index in [1.165, 1.54) is 12.5 Å². The molecule has 0 aliphatic heterocycles. The number of nitrogens with one attached hydrogen (secondary N) is 4. The normalized spacial score (nSPS) is 14.4. The van der Waals surface area contributed by atoms with Crippen molar-refractivity contribution in [3.8, 4) is 0 Å². The fourth-order valence-electron chi connectivity index (χ4n) is 3.23. The second-order valence-corrected chi connectivity index (χ2v) is 8.79. The monoisotopic (exact) mass is 511 g/mol. The Morgan fingerprint density at radius 2 is 1.53 bits per heavy atom. The third-order valence-corrected chi connectivity index (χ3v) is 5.47. The Morgan fingerprint density at radius 1 is 0.944 bits per heavy atom. The smallest absolute Gasteiger partial charge is 0.326 e. The van der Waals surface area contributed by atoms with Gasteiger partial charge in [0.2, 0.25) is 17.7 Å². The summed E-state index contributed by atoms with van der Waals surface area (Å²) >= 11 is 0. The first-order valence-corrected chi connectivity index (χ1v) is 11.7. The van der Waals surface area contributed by atoms with Gasteiger partial charge in [-0.3, -0.25) is 19.2 Å². The summed E-state index contributed by atoms with van der Waals surface area (Å²) in [4.78, 5) is 67.8. The molecule has 0 bridgehead atoms. The van der Waals surface area contributed by atoms with Crippen LogP contribution in [0, 0.1) is 5.92 Å². The average molecular weight is 512 g/mol. The molecule has 3 amide bonds. The van der Waals surface area contributed by atoms with Gasteiger partial charge in [-0.15, -0.1) is 0 Å². The lowest BCUT2D eigenvalue weighted by Gasteiger charge is -2.25. The molecule has 36 heavy (non-hydrogen) atoms. The highest BCUT2D eigenvalue weighted by molar-refractivity contribution is 5.94. The predicted octanol–water partition coefficient (Wildman–Crippen LogP) is -1.53. The Morgan fingerprint density at radius 3 is 2.03 bits per heavy atom. The maximum Gasteiger partial charge on any atom is 0.326 e. The molecular weight excluding hydrogens is 474 g/mol. The molecule has 0 fully saturated rings. The number of unbranched alkanes of at least 4 members (excludes halogenated alkanes) is 1. The molecule has 1 rings (SSSR count). The van der Waals surface area contributed by atoms with Gasteiger partial charge in [-0.05, 0) is 38.1 Å². The Kier molecular flexibility index (Phi) is 13.1. The number of carboxylic acids is 2. The van der Waals surface area contributed by atoms with E-state index in [0.717, 1.165) is 0 Å². The molecule has 0 spiro atoms. The summed E-state index contributed by atoms with van der Waals surface area (Å²) < 4.78 is 0. The minimum Gasteiger partial charge on any atom is -0.481 e. The van der Waals surface area contributed by atoms with Crippen molar-refractivity contribution in [3.63, 3.8) is 0 Å². The maximum atomic E-state index is 13.0. The zero-order valence-corrected chi connectivity index (χ0v) is 20.5. The number of aromatic nitrogens is 2. The number of nitrogens with two attached hydrogens (primary N) is 2. The highest BCUT2D eigenvalue weighted by Crippen LogP contribution is 2.07. The third kappa shape index (κ3) is 10.8. The molecule has 0 aliphatic rings. The van der Waals surface area contributed by atoms with Gasteiger partial charge >= 0.3 is 11.9 Å². The highest BCUT2D eigenvalue weighted by atomic mass is 16.4. The summed E-state index contributed by atoms with van der Waals surface area (Å²) in [5, 5.41) is 26.0. The van der Waals surface area contributed by atoms with Crippen LogP contribution in [0.4, 0.5) is 0 Å². The van der Waals surface area contributed by atoms with E-state index in [2.05, 4.69) is 25.9 Å². The molecule has 14 nitrogen and oxygen atoms in total. The number of carboxylic acid groups (broad SMARTS) is 2. The number of nitrogens with zero attached hydrogens (tertiary/aromatic N) is 1. The fourth-order valence-corrected chi connectivity index (χ4v) is 3.23. The summed E-state index contributed by atoms with van der Waals surface area (Å²) in [5.74, 6) is -4.84. The van der Waals surface area contributed by atoms with Crippen molar-refractivity contribution in [2.24, 2.45) is 17.4 Å². The van der Waals surface area contributed by atoms with E-state index in [4.69, 9.17) is 16.6 Å². The van der Waals surface area contributed by atoms with Crippen LogP contribution < -0.4 is 27.4 Å². The number of amides is 3. The van der Waals surface area contributed by atoms with E-state index in [-0.39, 0.29) is 25.2 Å². The van der Waals surface area contributed by atoms with E-state index < -0.39 is 60.2 Å². The van der Waals surface area contributed by atoms with Crippen LogP contribution in [0.2, 0.25) is 0 Å². The van der Waals surface area contributed by atoms with Gasteiger partial charge in [0, 0.05) is 24.7 Å². The SMILES string of the molecule is CC(C)C(N)C(=O)NC(CCC(=O)O)C(=O)NC(CCCCN)C(=O)NC(Cc1cnc[nH]1)C(=O)O. The summed E-state index contributed by atoms with van der Waals surface area (Å²) in [6, 6.07) is -4.62.